The van der Waals surface area contributed by atoms with E-state index in [-0.39, 0.29) is 18.9 Å². The Morgan fingerprint density at radius 2 is 0.747 bits per heavy atom. The van der Waals surface area contributed by atoms with Gasteiger partial charge in [0.15, 0.2) is 18.9 Å². The van der Waals surface area contributed by atoms with Gasteiger partial charge in [-0.15, -0.1) is 0 Å². The largest absolute Gasteiger partial charge is 0.394 e. The Morgan fingerprint density at radius 3 is 1.20 bits per heavy atom. The number of allylic oxidation sites excluding steroid dienone is 7. The predicted molar refractivity (Wildman–Crippen MR) is 356 cm³/mol. The van der Waals surface area contributed by atoms with E-state index >= 15 is 0 Å². The molecule has 3 aliphatic rings. The predicted octanol–water partition coefficient (Wildman–Crippen LogP) is 10.2. The lowest BCUT2D eigenvalue weighted by Gasteiger charge is -2.48. The summed E-state index contributed by atoms with van der Waals surface area (Å²) in [5.74, 6) is -0.299. The summed E-state index contributed by atoms with van der Waals surface area (Å²) < 4.78 is 34.3. The SMILES string of the molecule is CCCC/C=C\C/C=C\CCCCCCCC(=O)NC(COC1OC(CO)C(OC2OC(CO)C(OC3OC(CO)C(O)C(O)C3O)C(O)C2O)C(O)C1O)C(O)/C=C/CC/C=C/CCCCCCCCCCCCCCCCCCCCCCCCCCCC. The van der Waals surface area contributed by atoms with Crippen molar-refractivity contribution in [1.29, 1.82) is 0 Å². The molecule has 3 heterocycles. The molecule has 1 amide bonds. The van der Waals surface area contributed by atoms with Gasteiger partial charge < -0.3 is 89.9 Å². The molecular weight excluding hydrogens is 1170 g/mol. The summed E-state index contributed by atoms with van der Waals surface area (Å²) in [4.78, 5) is 13.4. The Bertz CT molecular complexity index is 1840. The number of hydrogen-bond acceptors (Lipinski definition) is 18. The summed E-state index contributed by atoms with van der Waals surface area (Å²) in [5.41, 5.74) is 0. The fourth-order valence-electron chi connectivity index (χ4n) is 12.2. The highest BCUT2D eigenvalue weighted by Gasteiger charge is 2.53. The van der Waals surface area contributed by atoms with Crippen molar-refractivity contribution in [3.05, 3.63) is 48.6 Å². The minimum atomic E-state index is -1.98. The number of carbonyl (C=O) groups excluding carboxylic acids is 1. The van der Waals surface area contributed by atoms with Crippen molar-refractivity contribution < 1.29 is 89.4 Å². The maximum absolute atomic E-state index is 13.4. The fraction of sp³-hybridized carbons (Fsp3) is 0.875. The van der Waals surface area contributed by atoms with Gasteiger partial charge in [-0.1, -0.05) is 255 Å². The molecule has 3 aliphatic heterocycles. The van der Waals surface area contributed by atoms with Crippen LogP contribution in [0.4, 0.5) is 0 Å². The van der Waals surface area contributed by atoms with Crippen LogP contribution in [0.3, 0.4) is 0 Å². The number of aliphatic hydroxyl groups excluding tert-OH is 11. The summed E-state index contributed by atoms with van der Waals surface area (Å²) in [6, 6.07) is -0.999. The molecule has 0 aromatic carbocycles. The van der Waals surface area contributed by atoms with E-state index in [1.165, 1.54) is 173 Å². The summed E-state index contributed by atoms with van der Waals surface area (Å²) in [5, 5.41) is 120. The average molecular weight is 1300 g/mol. The van der Waals surface area contributed by atoms with Crippen molar-refractivity contribution in [1.82, 2.24) is 5.32 Å². The summed E-state index contributed by atoms with van der Waals surface area (Å²) in [6.07, 6.45) is 38.4. The minimum Gasteiger partial charge on any atom is -0.394 e. The summed E-state index contributed by atoms with van der Waals surface area (Å²) in [6.45, 7) is 1.67. The van der Waals surface area contributed by atoms with Crippen LogP contribution in [0.15, 0.2) is 48.6 Å². The third kappa shape index (κ3) is 35.5. The molecule has 3 saturated heterocycles. The standard InChI is InChI=1S/C72H131NO18/c1-3-5-7-9-11-13-15-17-19-20-21-22-23-24-25-26-27-28-29-30-31-32-33-34-35-36-37-39-41-43-45-47-49-56(77)55(73-60(78)50-48-46-44-42-40-38-18-16-14-12-10-8-6-4-2)54-86-70-66(84)63(81)68(58(52-75)88-70)91-72-67(85)64(82)69(59(53-76)89-72)90-71-65(83)62(80)61(79)57(51-74)87-71/h10,12,16,18,39,41,47,49,55-59,61-72,74-77,79-85H,3-9,11,13-15,17,19-38,40,42-46,48,50-54H2,1-2H3,(H,73,78)/b12-10-,18-16-,41-39+,49-47+. The Balaban J connectivity index is 1.39. The number of rotatable bonds is 56. The van der Waals surface area contributed by atoms with Crippen LogP contribution in [0.1, 0.15) is 271 Å². The molecule has 0 bridgehead atoms. The Labute approximate surface area is 548 Å². The second kappa shape index (κ2) is 53.8. The first-order valence-electron chi connectivity index (χ1n) is 36.4. The number of carbonyl (C=O) groups is 1. The van der Waals surface area contributed by atoms with Gasteiger partial charge in [-0.3, -0.25) is 4.79 Å². The van der Waals surface area contributed by atoms with Crippen LogP contribution in [0, 0.1) is 0 Å². The van der Waals surface area contributed by atoms with E-state index in [9.17, 15) is 61.0 Å². The van der Waals surface area contributed by atoms with Crippen molar-refractivity contribution in [2.24, 2.45) is 0 Å². The molecule has 0 radical (unpaired) electrons. The zero-order chi connectivity index (χ0) is 66.1. The van der Waals surface area contributed by atoms with E-state index in [0.717, 1.165) is 64.2 Å². The molecule has 91 heavy (non-hydrogen) atoms. The zero-order valence-corrected chi connectivity index (χ0v) is 56.3. The molecule has 12 N–H and O–H groups in total. The van der Waals surface area contributed by atoms with Gasteiger partial charge in [0.2, 0.25) is 5.91 Å². The Morgan fingerprint density at radius 1 is 0.396 bits per heavy atom. The van der Waals surface area contributed by atoms with Gasteiger partial charge in [0, 0.05) is 6.42 Å². The maximum Gasteiger partial charge on any atom is 0.220 e. The van der Waals surface area contributed by atoms with Crippen LogP contribution in [-0.2, 0) is 33.2 Å². The van der Waals surface area contributed by atoms with E-state index in [1.807, 2.05) is 6.08 Å². The van der Waals surface area contributed by atoms with Gasteiger partial charge in [0.05, 0.1) is 38.6 Å². The van der Waals surface area contributed by atoms with Crippen molar-refractivity contribution >= 4 is 5.91 Å². The van der Waals surface area contributed by atoms with Crippen LogP contribution < -0.4 is 5.32 Å². The fourth-order valence-corrected chi connectivity index (χ4v) is 12.2. The molecule has 17 unspecified atom stereocenters. The second-order valence-electron chi connectivity index (χ2n) is 26.0. The van der Waals surface area contributed by atoms with Crippen molar-refractivity contribution in [2.45, 2.75) is 375 Å². The van der Waals surface area contributed by atoms with Crippen LogP contribution in [-0.4, -0.2) is 193 Å². The first kappa shape index (κ1) is 83.0. The van der Waals surface area contributed by atoms with Crippen LogP contribution in [0.5, 0.6) is 0 Å². The monoisotopic (exact) mass is 1300 g/mol. The van der Waals surface area contributed by atoms with E-state index in [4.69, 9.17) is 28.4 Å². The summed E-state index contributed by atoms with van der Waals surface area (Å²) >= 11 is 0. The van der Waals surface area contributed by atoms with E-state index in [0.29, 0.717) is 12.8 Å². The van der Waals surface area contributed by atoms with E-state index in [2.05, 4.69) is 55.6 Å². The van der Waals surface area contributed by atoms with E-state index in [1.54, 1.807) is 6.08 Å². The third-order valence-electron chi connectivity index (χ3n) is 18.1. The summed E-state index contributed by atoms with van der Waals surface area (Å²) in [7, 11) is 0. The minimum absolute atomic E-state index is 0.218. The molecule has 19 heteroatoms. The van der Waals surface area contributed by atoms with Crippen molar-refractivity contribution in [3.63, 3.8) is 0 Å². The topological polar surface area (TPSA) is 307 Å². The highest BCUT2D eigenvalue weighted by atomic mass is 16.8. The maximum atomic E-state index is 13.4. The normalized spacial score (nSPS) is 28.1. The van der Waals surface area contributed by atoms with Crippen LogP contribution >= 0.6 is 0 Å². The smallest absolute Gasteiger partial charge is 0.220 e. The molecule has 0 spiro atoms. The first-order chi connectivity index (χ1) is 44.3. The van der Waals surface area contributed by atoms with Crippen molar-refractivity contribution in [2.75, 3.05) is 26.4 Å². The third-order valence-corrected chi connectivity index (χ3v) is 18.1. The van der Waals surface area contributed by atoms with Crippen LogP contribution in [0.2, 0.25) is 0 Å². The number of unbranched alkanes of at least 4 members (excludes halogenated alkanes) is 34. The quantitative estimate of drug-likeness (QED) is 0.0199. The molecule has 0 saturated carbocycles. The molecular formula is C72H131NO18. The number of amides is 1. The molecule has 0 aromatic rings. The lowest BCUT2D eigenvalue weighted by atomic mass is 9.96. The van der Waals surface area contributed by atoms with Gasteiger partial charge in [-0.25, -0.2) is 0 Å². The van der Waals surface area contributed by atoms with Gasteiger partial charge in [-0.2, -0.15) is 0 Å². The van der Waals surface area contributed by atoms with Gasteiger partial charge in [0.25, 0.3) is 0 Å². The lowest BCUT2D eigenvalue weighted by Crippen LogP contribution is -2.66. The molecule has 3 fully saturated rings. The lowest BCUT2D eigenvalue weighted by molar-refractivity contribution is -0.379. The number of hydrogen-bond donors (Lipinski definition) is 12. The zero-order valence-electron chi connectivity index (χ0n) is 56.3. The van der Waals surface area contributed by atoms with Crippen LogP contribution in [0.25, 0.3) is 0 Å². The van der Waals surface area contributed by atoms with E-state index < -0.39 is 124 Å². The first-order valence-corrected chi connectivity index (χ1v) is 36.4. The molecule has 532 valence electrons. The number of nitrogens with one attached hydrogen (secondary N) is 1. The molecule has 0 aromatic heterocycles. The van der Waals surface area contributed by atoms with Gasteiger partial charge >= 0.3 is 0 Å². The van der Waals surface area contributed by atoms with Gasteiger partial charge in [0.1, 0.15) is 73.2 Å². The number of aliphatic hydroxyl groups is 11. The second-order valence-corrected chi connectivity index (χ2v) is 26.0. The Kier molecular flexibility index (Phi) is 49.1. The number of ether oxygens (including phenoxy) is 6. The highest BCUT2D eigenvalue weighted by molar-refractivity contribution is 5.76. The van der Waals surface area contributed by atoms with Crippen molar-refractivity contribution in [3.8, 4) is 0 Å². The van der Waals surface area contributed by atoms with Gasteiger partial charge in [-0.05, 0) is 57.8 Å². The Hall–Kier alpha value is -2.25. The molecule has 19 nitrogen and oxygen atoms in total. The highest BCUT2D eigenvalue weighted by Crippen LogP contribution is 2.33. The average Bonchev–Trinajstić information content (AvgIpc) is 0.850. The molecule has 0 aliphatic carbocycles. The molecule has 3 rings (SSSR count). The molecule has 17 atom stereocenters.